The van der Waals surface area contributed by atoms with Gasteiger partial charge >= 0.3 is 0 Å². The van der Waals surface area contributed by atoms with Crippen LogP contribution < -0.4 is 5.32 Å². The number of anilines is 1. The van der Waals surface area contributed by atoms with Crippen LogP contribution in [0.2, 0.25) is 10.0 Å². The van der Waals surface area contributed by atoms with Crippen LogP contribution in [0.25, 0.3) is 0 Å². The fraction of sp³-hybridized carbons (Fsp3) is 0.353. The molecule has 1 fully saturated rings. The molecule has 1 amide bonds. The molecule has 3 rings (SSSR count). The number of rotatable bonds is 5. The van der Waals surface area contributed by atoms with Crippen molar-refractivity contribution in [1.82, 2.24) is 14.9 Å². The zero-order valence-electron chi connectivity index (χ0n) is 13.1. The number of hydrogen-bond acceptors (Lipinski definition) is 4. The summed E-state index contributed by atoms with van der Waals surface area (Å²) in [5.41, 5.74) is 1.43. The normalized spacial score (nSPS) is 14.0. The van der Waals surface area contributed by atoms with Crippen molar-refractivity contribution in [1.29, 1.82) is 0 Å². The molecule has 1 aliphatic rings. The summed E-state index contributed by atoms with van der Waals surface area (Å²) < 4.78 is 0. The fourth-order valence-corrected chi connectivity index (χ4v) is 3.18. The summed E-state index contributed by atoms with van der Waals surface area (Å²) in [5, 5.41) is 4.40. The first-order chi connectivity index (χ1) is 11.6. The van der Waals surface area contributed by atoms with E-state index in [9.17, 15) is 4.79 Å². The maximum absolute atomic E-state index is 12.3. The van der Waals surface area contributed by atoms with E-state index in [1.807, 2.05) is 17.0 Å². The predicted molar refractivity (Wildman–Crippen MR) is 95.8 cm³/mol. The Labute approximate surface area is 151 Å². The van der Waals surface area contributed by atoms with E-state index in [0.717, 1.165) is 31.5 Å². The van der Waals surface area contributed by atoms with E-state index < -0.39 is 0 Å². The average Bonchev–Trinajstić information content (AvgIpc) is 3.11. The van der Waals surface area contributed by atoms with Gasteiger partial charge in [-0.1, -0.05) is 29.3 Å². The van der Waals surface area contributed by atoms with Crippen LogP contribution in [0.5, 0.6) is 0 Å². The first-order valence-corrected chi connectivity index (χ1v) is 8.69. The lowest BCUT2D eigenvalue weighted by Crippen LogP contribution is -2.28. The standard InChI is InChI=1S/C17H18Cl2N4O/c18-13-4-3-12(14(19)11-13)5-7-20-17-21-8-6-15(22-17)16(24)23-9-1-2-10-23/h3-4,6,8,11H,1-2,5,7,9-10H2,(H,20,21,22). The maximum atomic E-state index is 12.3. The molecule has 2 heterocycles. The summed E-state index contributed by atoms with van der Waals surface area (Å²) in [5.74, 6) is 0.420. The van der Waals surface area contributed by atoms with Gasteiger partial charge in [0, 0.05) is 35.9 Å². The van der Waals surface area contributed by atoms with Gasteiger partial charge in [0.05, 0.1) is 0 Å². The molecule has 0 atom stereocenters. The molecule has 0 unspecified atom stereocenters. The average molecular weight is 365 g/mol. The Morgan fingerprint density at radius 3 is 2.75 bits per heavy atom. The SMILES string of the molecule is O=C(c1ccnc(NCCc2ccc(Cl)cc2Cl)n1)N1CCCC1. The Morgan fingerprint density at radius 1 is 1.21 bits per heavy atom. The number of amides is 1. The third kappa shape index (κ3) is 4.16. The second-order valence-electron chi connectivity index (χ2n) is 5.68. The van der Waals surface area contributed by atoms with Crippen LogP contribution in [-0.2, 0) is 6.42 Å². The first kappa shape index (κ1) is 17.0. The minimum Gasteiger partial charge on any atom is -0.354 e. The molecule has 24 heavy (non-hydrogen) atoms. The molecule has 0 aliphatic carbocycles. The predicted octanol–water partition coefficient (Wildman–Crippen LogP) is 3.67. The van der Waals surface area contributed by atoms with Crippen LogP contribution in [0.1, 0.15) is 28.9 Å². The highest BCUT2D eigenvalue weighted by molar-refractivity contribution is 6.35. The number of carbonyl (C=O) groups excluding carboxylic acids is 1. The van der Waals surface area contributed by atoms with E-state index in [0.29, 0.717) is 34.7 Å². The van der Waals surface area contributed by atoms with Crippen LogP contribution >= 0.6 is 23.2 Å². The molecule has 1 N–H and O–H groups in total. The minimum absolute atomic E-state index is 0.0290. The van der Waals surface area contributed by atoms with Gasteiger partial charge in [-0.05, 0) is 43.0 Å². The van der Waals surface area contributed by atoms with E-state index >= 15 is 0 Å². The molecule has 2 aromatic rings. The van der Waals surface area contributed by atoms with Gasteiger partial charge in [-0.3, -0.25) is 4.79 Å². The van der Waals surface area contributed by atoms with Crippen molar-refractivity contribution in [2.45, 2.75) is 19.3 Å². The minimum atomic E-state index is -0.0290. The number of nitrogens with zero attached hydrogens (tertiary/aromatic N) is 3. The summed E-state index contributed by atoms with van der Waals surface area (Å²) in [6.45, 7) is 2.23. The molecule has 1 aromatic carbocycles. The molecule has 7 heteroatoms. The molecule has 1 saturated heterocycles. The Morgan fingerprint density at radius 2 is 2.00 bits per heavy atom. The fourth-order valence-electron chi connectivity index (χ4n) is 2.68. The van der Waals surface area contributed by atoms with Crippen molar-refractivity contribution in [3.05, 3.63) is 51.8 Å². The molecule has 126 valence electrons. The van der Waals surface area contributed by atoms with Crippen molar-refractivity contribution in [3.63, 3.8) is 0 Å². The van der Waals surface area contributed by atoms with E-state index in [4.69, 9.17) is 23.2 Å². The second kappa shape index (κ2) is 7.81. The molecule has 5 nitrogen and oxygen atoms in total. The number of halogens is 2. The Hall–Kier alpha value is -1.85. The van der Waals surface area contributed by atoms with Crippen LogP contribution in [-0.4, -0.2) is 40.4 Å². The third-order valence-electron chi connectivity index (χ3n) is 3.96. The zero-order chi connectivity index (χ0) is 16.9. The highest BCUT2D eigenvalue weighted by Gasteiger charge is 2.20. The molecule has 1 aliphatic heterocycles. The molecule has 0 radical (unpaired) electrons. The number of benzene rings is 1. The van der Waals surface area contributed by atoms with Crippen LogP contribution in [0, 0.1) is 0 Å². The molecular formula is C17H18Cl2N4O. The maximum Gasteiger partial charge on any atom is 0.272 e. The van der Waals surface area contributed by atoms with Gasteiger partial charge in [-0.15, -0.1) is 0 Å². The van der Waals surface area contributed by atoms with Gasteiger partial charge in [-0.2, -0.15) is 0 Å². The second-order valence-corrected chi connectivity index (χ2v) is 6.52. The molecular weight excluding hydrogens is 347 g/mol. The summed E-state index contributed by atoms with van der Waals surface area (Å²) in [6.07, 6.45) is 4.44. The van der Waals surface area contributed by atoms with Crippen LogP contribution in [0.15, 0.2) is 30.5 Å². The number of carbonyl (C=O) groups is 1. The van der Waals surface area contributed by atoms with Crippen molar-refractivity contribution in [3.8, 4) is 0 Å². The van der Waals surface area contributed by atoms with Crippen molar-refractivity contribution < 1.29 is 4.79 Å². The summed E-state index contributed by atoms with van der Waals surface area (Å²) >= 11 is 12.0. The van der Waals surface area contributed by atoms with Gasteiger partial charge < -0.3 is 10.2 Å². The Bertz CT molecular complexity index is 732. The van der Waals surface area contributed by atoms with Gasteiger partial charge in [0.1, 0.15) is 5.69 Å². The molecule has 0 bridgehead atoms. The van der Waals surface area contributed by atoms with E-state index in [1.54, 1.807) is 18.3 Å². The summed E-state index contributed by atoms with van der Waals surface area (Å²) in [7, 11) is 0. The highest BCUT2D eigenvalue weighted by atomic mass is 35.5. The number of aromatic nitrogens is 2. The van der Waals surface area contributed by atoms with Crippen molar-refractivity contribution in [2.75, 3.05) is 25.0 Å². The quantitative estimate of drug-likeness (QED) is 0.878. The van der Waals surface area contributed by atoms with Gasteiger partial charge in [-0.25, -0.2) is 9.97 Å². The monoisotopic (exact) mass is 364 g/mol. The topological polar surface area (TPSA) is 58.1 Å². The Balaban J connectivity index is 1.59. The van der Waals surface area contributed by atoms with Gasteiger partial charge in [0.25, 0.3) is 5.91 Å². The lowest BCUT2D eigenvalue weighted by atomic mass is 10.1. The van der Waals surface area contributed by atoms with E-state index in [1.165, 1.54) is 0 Å². The van der Waals surface area contributed by atoms with Gasteiger partial charge in [0.15, 0.2) is 0 Å². The van der Waals surface area contributed by atoms with E-state index in [-0.39, 0.29) is 5.91 Å². The largest absolute Gasteiger partial charge is 0.354 e. The molecule has 0 spiro atoms. The Kier molecular flexibility index (Phi) is 5.53. The number of likely N-dealkylation sites (tertiary alicyclic amines) is 1. The molecule has 0 saturated carbocycles. The summed E-state index contributed by atoms with van der Waals surface area (Å²) in [4.78, 5) is 22.7. The smallest absolute Gasteiger partial charge is 0.272 e. The summed E-state index contributed by atoms with van der Waals surface area (Å²) in [6, 6.07) is 7.10. The van der Waals surface area contributed by atoms with Crippen LogP contribution in [0.3, 0.4) is 0 Å². The van der Waals surface area contributed by atoms with Crippen molar-refractivity contribution in [2.24, 2.45) is 0 Å². The highest BCUT2D eigenvalue weighted by Crippen LogP contribution is 2.21. The lowest BCUT2D eigenvalue weighted by molar-refractivity contribution is 0.0787. The molecule has 1 aromatic heterocycles. The number of hydrogen-bond donors (Lipinski definition) is 1. The van der Waals surface area contributed by atoms with Crippen molar-refractivity contribution >= 4 is 35.1 Å². The first-order valence-electron chi connectivity index (χ1n) is 7.93. The van der Waals surface area contributed by atoms with Crippen LogP contribution in [0.4, 0.5) is 5.95 Å². The zero-order valence-corrected chi connectivity index (χ0v) is 14.6. The van der Waals surface area contributed by atoms with E-state index in [2.05, 4.69) is 15.3 Å². The lowest BCUT2D eigenvalue weighted by Gasteiger charge is -2.14. The number of nitrogens with one attached hydrogen (secondary N) is 1. The van der Waals surface area contributed by atoms with Gasteiger partial charge in [0.2, 0.25) is 5.95 Å². The third-order valence-corrected chi connectivity index (χ3v) is 4.55.